The minimum Gasteiger partial charge on any atom is -0.463 e. The Kier molecular flexibility index (Phi) is 2.72. The smallest absolute Gasteiger partial charge is 0.373 e. The van der Waals surface area contributed by atoms with Crippen LogP contribution < -0.4 is 0 Å². The number of rotatable bonds is 2. The SMILES string of the molecule is COC(=O)c1cc(-c2ccc(F)cc2)co1. The molecule has 0 aliphatic carbocycles. The average Bonchev–Trinajstić information content (AvgIpc) is 2.78. The summed E-state index contributed by atoms with van der Waals surface area (Å²) in [7, 11) is 1.28. The Bertz CT molecular complexity index is 499. The van der Waals surface area contributed by atoms with E-state index in [1.165, 1.54) is 25.5 Å². The van der Waals surface area contributed by atoms with E-state index in [-0.39, 0.29) is 11.6 Å². The van der Waals surface area contributed by atoms with Crippen LogP contribution in [0.2, 0.25) is 0 Å². The minimum absolute atomic E-state index is 0.127. The first-order valence-corrected chi connectivity index (χ1v) is 4.63. The highest BCUT2D eigenvalue weighted by atomic mass is 19.1. The number of ether oxygens (including phenoxy) is 1. The molecule has 0 atom stereocenters. The predicted octanol–water partition coefficient (Wildman–Crippen LogP) is 2.87. The van der Waals surface area contributed by atoms with Crippen LogP contribution in [0.1, 0.15) is 10.6 Å². The van der Waals surface area contributed by atoms with E-state index < -0.39 is 5.97 Å². The number of carbonyl (C=O) groups is 1. The molecular weight excluding hydrogens is 211 g/mol. The molecule has 0 saturated carbocycles. The fraction of sp³-hybridized carbons (Fsp3) is 0.0833. The van der Waals surface area contributed by atoms with Crippen LogP contribution >= 0.6 is 0 Å². The molecule has 2 rings (SSSR count). The molecule has 1 heterocycles. The lowest BCUT2D eigenvalue weighted by Crippen LogP contribution is -1.98. The Balaban J connectivity index is 2.31. The highest BCUT2D eigenvalue weighted by Crippen LogP contribution is 2.22. The number of carbonyl (C=O) groups excluding carboxylic acids is 1. The van der Waals surface area contributed by atoms with Gasteiger partial charge in [0, 0.05) is 5.56 Å². The summed E-state index contributed by atoms with van der Waals surface area (Å²) in [6.45, 7) is 0. The third-order valence-electron chi connectivity index (χ3n) is 2.16. The molecule has 0 N–H and O–H groups in total. The second kappa shape index (κ2) is 4.18. The molecule has 0 bridgehead atoms. The Morgan fingerprint density at radius 1 is 1.25 bits per heavy atom. The maximum atomic E-state index is 12.7. The summed E-state index contributed by atoms with van der Waals surface area (Å²) >= 11 is 0. The van der Waals surface area contributed by atoms with Crippen LogP contribution in [-0.2, 0) is 4.74 Å². The molecule has 0 amide bonds. The zero-order valence-corrected chi connectivity index (χ0v) is 8.57. The van der Waals surface area contributed by atoms with E-state index in [4.69, 9.17) is 4.42 Å². The molecule has 1 aromatic heterocycles. The molecule has 1 aromatic carbocycles. The third kappa shape index (κ3) is 1.95. The van der Waals surface area contributed by atoms with Gasteiger partial charge in [0.15, 0.2) is 0 Å². The molecule has 4 heteroatoms. The van der Waals surface area contributed by atoms with Crippen LogP contribution in [0, 0.1) is 5.82 Å². The Hall–Kier alpha value is -2.10. The standard InChI is InChI=1S/C12H9FO3/c1-15-12(14)11-6-9(7-16-11)8-2-4-10(13)5-3-8/h2-7H,1H3. The van der Waals surface area contributed by atoms with Crippen molar-refractivity contribution in [1.82, 2.24) is 0 Å². The highest BCUT2D eigenvalue weighted by molar-refractivity contribution is 5.88. The molecule has 0 unspecified atom stereocenters. The average molecular weight is 220 g/mol. The van der Waals surface area contributed by atoms with E-state index in [0.717, 1.165) is 5.56 Å². The van der Waals surface area contributed by atoms with Gasteiger partial charge < -0.3 is 9.15 Å². The van der Waals surface area contributed by atoms with Crippen LogP contribution in [0.5, 0.6) is 0 Å². The van der Waals surface area contributed by atoms with Crippen LogP contribution in [0.15, 0.2) is 41.0 Å². The predicted molar refractivity (Wildman–Crippen MR) is 55.4 cm³/mol. The fourth-order valence-electron chi connectivity index (χ4n) is 1.34. The van der Waals surface area contributed by atoms with Crippen molar-refractivity contribution in [3.8, 4) is 11.1 Å². The summed E-state index contributed by atoms with van der Waals surface area (Å²) in [4.78, 5) is 11.1. The van der Waals surface area contributed by atoms with Gasteiger partial charge in [0.25, 0.3) is 0 Å². The lowest BCUT2D eigenvalue weighted by atomic mass is 10.1. The molecule has 3 nitrogen and oxygen atoms in total. The Morgan fingerprint density at radius 2 is 1.94 bits per heavy atom. The molecule has 0 spiro atoms. The lowest BCUT2D eigenvalue weighted by molar-refractivity contribution is 0.0565. The van der Waals surface area contributed by atoms with Crippen molar-refractivity contribution < 1.29 is 18.3 Å². The molecule has 0 saturated heterocycles. The van der Waals surface area contributed by atoms with Gasteiger partial charge in [-0.3, -0.25) is 0 Å². The summed E-state index contributed by atoms with van der Waals surface area (Å²) in [6.07, 6.45) is 1.43. The normalized spacial score (nSPS) is 10.1. The van der Waals surface area contributed by atoms with Crippen LogP contribution in [-0.4, -0.2) is 13.1 Å². The van der Waals surface area contributed by atoms with Gasteiger partial charge in [0.2, 0.25) is 5.76 Å². The van der Waals surface area contributed by atoms with Crippen molar-refractivity contribution in [3.05, 3.63) is 48.2 Å². The number of furan rings is 1. The highest BCUT2D eigenvalue weighted by Gasteiger charge is 2.11. The van der Waals surface area contributed by atoms with Crippen molar-refractivity contribution >= 4 is 5.97 Å². The summed E-state index contributed by atoms with van der Waals surface area (Å²) in [6, 6.07) is 7.47. The van der Waals surface area contributed by atoms with E-state index in [2.05, 4.69) is 4.74 Å². The molecule has 0 aliphatic heterocycles. The van der Waals surface area contributed by atoms with Crippen molar-refractivity contribution in [2.75, 3.05) is 7.11 Å². The van der Waals surface area contributed by atoms with Crippen molar-refractivity contribution in [2.24, 2.45) is 0 Å². The largest absolute Gasteiger partial charge is 0.463 e. The van der Waals surface area contributed by atoms with Crippen LogP contribution in [0.4, 0.5) is 4.39 Å². The van der Waals surface area contributed by atoms with Crippen molar-refractivity contribution in [1.29, 1.82) is 0 Å². The summed E-state index contributed by atoms with van der Waals surface area (Å²) < 4.78 is 22.2. The van der Waals surface area contributed by atoms with Gasteiger partial charge in [-0.1, -0.05) is 12.1 Å². The first-order valence-electron chi connectivity index (χ1n) is 4.63. The monoisotopic (exact) mass is 220 g/mol. The second-order valence-electron chi connectivity index (χ2n) is 3.20. The summed E-state index contributed by atoms with van der Waals surface area (Å²) in [5, 5.41) is 0. The molecule has 0 aliphatic rings. The zero-order chi connectivity index (χ0) is 11.5. The number of esters is 1. The van der Waals surface area contributed by atoms with E-state index in [0.29, 0.717) is 5.56 Å². The maximum absolute atomic E-state index is 12.7. The number of methoxy groups -OCH3 is 1. The molecule has 16 heavy (non-hydrogen) atoms. The zero-order valence-electron chi connectivity index (χ0n) is 8.57. The maximum Gasteiger partial charge on any atom is 0.373 e. The molecule has 82 valence electrons. The van der Waals surface area contributed by atoms with E-state index in [9.17, 15) is 9.18 Å². The fourth-order valence-corrected chi connectivity index (χ4v) is 1.34. The summed E-state index contributed by atoms with van der Waals surface area (Å²) in [5.41, 5.74) is 1.49. The number of hydrogen-bond acceptors (Lipinski definition) is 3. The number of halogens is 1. The first-order chi connectivity index (χ1) is 7.70. The van der Waals surface area contributed by atoms with Gasteiger partial charge in [0.1, 0.15) is 5.82 Å². The number of hydrogen-bond donors (Lipinski definition) is 0. The van der Waals surface area contributed by atoms with Crippen molar-refractivity contribution in [2.45, 2.75) is 0 Å². The van der Waals surface area contributed by atoms with Gasteiger partial charge >= 0.3 is 5.97 Å². The van der Waals surface area contributed by atoms with Crippen LogP contribution in [0.25, 0.3) is 11.1 Å². The van der Waals surface area contributed by atoms with Crippen molar-refractivity contribution in [3.63, 3.8) is 0 Å². The minimum atomic E-state index is -0.534. The van der Waals surface area contributed by atoms with E-state index >= 15 is 0 Å². The lowest BCUT2D eigenvalue weighted by Gasteiger charge is -1.95. The van der Waals surface area contributed by atoms with Gasteiger partial charge in [-0.15, -0.1) is 0 Å². The van der Waals surface area contributed by atoms with Gasteiger partial charge in [-0.25, -0.2) is 9.18 Å². The van der Waals surface area contributed by atoms with Gasteiger partial charge in [-0.2, -0.15) is 0 Å². The molecule has 2 aromatic rings. The first kappa shape index (κ1) is 10.4. The van der Waals surface area contributed by atoms with E-state index in [1.54, 1.807) is 18.2 Å². The van der Waals surface area contributed by atoms with Gasteiger partial charge in [0.05, 0.1) is 13.4 Å². The number of benzene rings is 1. The molecule has 0 fully saturated rings. The topological polar surface area (TPSA) is 39.4 Å². The Morgan fingerprint density at radius 3 is 2.56 bits per heavy atom. The van der Waals surface area contributed by atoms with Crippen LogP contribution in [0.3, 0.4) is 0 Å². The third-order valence-corrected chi connectivity index (χ3v) is 2.16. The Labute approximate surface area is 91.5 Å². The second-order valence-corrected chi connectivity index (χ2v) is 3.20. The molecular formula is C12H9FO3. The summed E-state index contributed by atoms with van der Waals surface area (Å²) in [5.74, 6) is -0.712. The quantitative estimate of drug-likeness (QED) is 0.730. The van der Waals surface area contributed by atoms with Gasteiger partial charge in [-0.05, 0) is 23.8 Å². The molecule has 0 radical (unpaired) electrons. The van der Waals surface area contributed by atoms with E-state index in [1.807, 2.05) is 0 Å².